The van der Waals surface area contributed by atoms with Gasteiger partial charge in [0.25, 0.3) is 0 Å². The molecular formula is C11H21N3O3. The number of rotatable bonds is 4. The Hall–Kier alpha value is -0.690. The first-order valence-electron chi connectivity index (χ1n) is 6.21. The summed E-state index contributed by atoms with van der Waals surface area (Å²) in [6.07, 6.45) is 1.93. The molecule has 1 spiro atoms. The predicted molar refractivity (Wildman–Crippen MR) is 62.4 cm³/mol. The van der Waals surface area contributed by atoms with Crippen molar-refractivity contribution in [1.29, 1.82) is 0 Å². The SMILES string of the molecule is NCCNC(=O)CN1CCCC2(C1)OCCO2. The summed E-state index contributed by atoms with van der Waals surface area (Å²) >= 11 is 0. The number of carbonyl (C=O) groups is 1. The van der Waals surface area contributed by atoms with Crippen molar-refractivity contribution >= 4 is 5.91 Å². The van der Waals surface area contributed by atoms with Crippen LogP contribution in [-0.2, 0) is 14.3 Å². The summed E-state index contributed by atoms with van der Waals surface area (Å²) in [7, 11) is 0. The summed E-state index contributed by atoms with van der Waals surface area (Å²) in [5.41, 5.74) is 5.34. The number of hydrogen-bond acceptors (Lipinski definition) is 5. The highest BCUT2D eigenvalue weighted by Crippen LogP contribution is 2.29. The third kappa shape index (κ3) is 3.38. The summed E-state index contributed by atoms with van der Waals surface area (Å²) < 4.78 is 11.3. The second kappa shape index (κ2) is 5.77. The van der Waals surface area contributed by atoms with Gasteiger partial charge < -0.3 is 20.5 Å². The molecule has 2 heterocycles. The molecule has 1 amide bonds. The average Bonchev–Trinajstić information content (AvgIpc) is 2.74. The molecule has 0 bridgehead atoms. The van der Waals surface area contributed by atoms with Crippen molar-refractivity contribution in [3.63, 3.8) is 0 Å². The number of nitrogens with two attached hydrogens (primary N) is 1. The van der Waals surface area contributed by atoms with Crippen LogP contribution in [0.1, 0.15) is 12.8 Å². The number of carbonyl (C=O) groups excluding carboxylic acids is 1. The molecule has 0 aliphatic carbocycles. The summed E-state index contributed by atoms with van der Waals surface area (Å²) in [4.78, 5) is 13.7. The van der Waals surface area contributed by atoms with Gasteiger partial charge in [0.1, 0.15) is 0 Å². The largest absolute Gasteiger partial charge is 0.354 e. The van der Waals surface area contributed by atoms with E-state index in [9.17, 15) is 4.79 Å². The molecule has 0 aromatic heterocycles. The van der Waals surface area contributed by atoms with Gasteiger partial charge in [0, 0.05) is 19.5 Å². The van der Waals surface area contributed by atoms with Crippen LogP contribution in [0.3, 0.4) is 0 Å². The van der Waals surface area contributed by atoms with Crippen molar-refractivity contribution in [2.75, 3.05) is 45.9 Å². The molecular weight excluding hydrogens is 222 g/mol. The molecule has 2 rings (SSSR count). The van der Waals surface area contributed by atoms with Crippen LogP contribution in [0.15, 0.2) is 0 Å². The first-order chi connectivity index (χ1) is 8.24. The standard InChI is InChI=1S/C11H21N3O3/c12-3-4-13-10(15)8-14-5-1-2-11(9-14)16-6-7-17-11/h1-9,12H2,(H,13,15). The minimum absolute atomic E-state index is 0.0190. The van der Waals surface area contributed by atoms with Crippen LogP contribution >= 0.6 is 0 Å². The molecule has 6 nitrogen and oxygen atoms in total. The molecule has 2 fully saturated rings. The lowest BCUT2D eigenvalue weighted by Gasteiger charge is -2.38. The second-order valence-electron chi connectivity index (χ2n) is 4.56. The lowest BCUT2D eigenvalue weighted by Crippen LogP contribution is -2.51. The van der Waals surface area contributed by atoms with Gasteiger partial charge >= 0.3 is 0 Å². The Kier molecular flexibility index (Phi) is 4.33. The van der Waals surface area contributed by atoms with Crippen LogP contribution in [-0.4, -0.2) is 62.5 Å². The van der Waals surface area contributed by atoms with Crippen molar-refractivity contribution in [3.05, 3.63) is 0 Å². The van der Waals surface area contributed by atoms with E-state index in [4.69, 9.17) is 15.2 Å². The molecule has 98 valence electrons. The van der Waals surface area contributed by atoms with E-state index in [-0.39, 0.29) is 5.91 Å². The number of likely N-dealkylation sites (tertiary alicyclic amines) is 1. The Balaban J connectivity index is 1.79. The Morgan fingerprint density at radius 1 is 1.41 bits per heavy atom. The maximum atomic E-state index is 11.6. The van der Waals surface area contributed by atoms with E-state index in [1.54, 1.807) is 0 Å². The van der Waals surface area contributed by atoms with Gasteiger partial charge in [0.05, 0.1) is 26.3 Å². The van der Waals surface area contributed by atoms with Gasteiger partial charge in [-0.1, -0.05) is 0 Å². The van der Waals surface area contributed by atoms with Gasteiger partial charge in [-0.2, -0.15) is 0 Å². The Labute approximate surface area is 101 Å². The smallest absolute Gasteiger partial charge is 0.234 e. The highest BCUT2D eigenvalue weighted by Gasteiger charge is 2.40. The summed E-state index contributed by atoms with van der Waals surface area (Å²) in [6.45, 7) is 4.33. The fraction of sp³-hybridized carbons (Fsp3) is 0.909. The van der Waals surface area contributed by atoms with Crippen molar-refractivity contribution in [3.8, 4) is 0 Å². The number of piperidine rings is 1. The molecule has 17 heavy (non-hydrogen) atoms. The molecule has 0 aromatic rings. The number of nitrogens with one attached hydrogen (secondary N) is 1. The number of hydrogen-bond donors (Lipinski definition) is 2. The third-order valence-electron chi connectivity index (χ3n) is 3.14. The van der Waals surface area contributed by atoms with Gasteiger partial charge in [-0.3, -0.25) is 9.69 Å². The summed E-state index contributed by atoms with van der Waals surface area (Å²) in [5.74, 6) is -0.433. The highest BCUT2D eigenvalue weighted by atomic mass is 16.7. The van der Waals surface area contributed by atoms with Crippen LogP contribution in [0.25, 0.3) is 0 Å². The van der Waals surface area contributed by atoms with E-state index in [2.05, 4.69) is 10.2 Å². The quantitative estimate of drug-likeness (QED) is 0.655. The molecule has 3 N–H and O–H groups in total. The van der Waals surface area contributed by atoms with Crippen LogP contribution in [0.2, 0.25) is 0 Å². The van der Waals surface area contributed by atoms with E-state index >= 15 is 0 Å². The Morgan fingerprint density at radius 2 is 2.18 bits per heavy atom. The molecule has 0 unspecified atom stereocenters. The molecule has 0 atom stereocenters. The van der Waals surface area contributed by atoms with Gasteiger partial charge in [0.2, 0.25) is 5.91 Å². The molecule has 0 aromatic carbocycles. The Morgan fingerprint density at radius 3 is 2.88 bits per heavy atom. The van der Waals surface area contributed by atoms with Crippen LogP contribution < -0.4 is 11.1 Å². The van der Waals surface area contributed by atoms with Gasteiger partial charge in [0.15, 0.2) is 5.79 Å². The van der Waals surface area contributed by atoms with Gasteiger partial charge in [-0.25, -0.2) is 0 Å². The molecule has 0 saturated carbocycles. The van der Waals surface area contributed by atoms with Crippen molar-refractivity contribution < 1.29 is 14.3 Å². The third-order valence-corrected chi connectivity index (χ3v) is 3.14. The maximum absolute atomic E-state index is 11.6. The zero-order chi connectivity index (χ0) is 12.1. The van der Waals surface area contributed by atoms with Crippen molar-refractivity contribution in [1.82, 2.24) is 10.2 Å². The lowest BCUT2D eigenvalue weighted by atomic mass is 10.0. The number of nitrogens with zero attached hydrogens (tertiary/aromatic N) is 1. The van der Waals surface area contributed by atoms with Crippen LogP contribution in [0.4, 0.5) is 0 Å². The Bertz CT molecular complexity index is 267. The van der Waals surface area contributed by atoms with Crippen molar-refractivity contribution in [2.45, 2.75) is 18.6 Å². The van der Waals surface area contributed by atoms with E-state index in [1.807, 2.05) is 0 Å². The predicted octanol–water partition coefficient (Wildman–Crippen LogP) is -1.10. The van der Waals surface area contributed by atoms with E-state index in [1.165, 1.54) is 0 Å². The molecule has 2 aliphatic heterocycles. The number of ether oxygens (including phenoxy) is 2. The maximum Gasteiger partial charge on any atom is 0.234 e. The van der Waals surface area contributed by atoms with Crippen molar-refractivity contribution in [2.24, 2.45) is 5.73 Å². The van der Waals surface area contributed by atoms with Crippen LogP contribution in [0.5, 0.6) is 0 Å². The molecule has 2 saturated heterocycles. The van der Waals surface area contributed by atoms with Gasteiger partial charge in [-0.15, -0.1) is 0 Å². The summed E-state index contributed by atoms with van der Waals surface area (Å²) in [5, 5.41) is 2.77. The minimum Gasteiger partial charge on any atom is -0.354 e. The topological polar surface area (TPSA) is 76.8 Å². The first kappa shape index (κ1) is 12.8. The second-order valence-corrected chi connectivity index (χ2v) is 4.56. The highest BCUT2D eigenvalue weighted by molar-refractivity contribution is 5.78. The van der Waals surface area contributed by atoms with Gasteiger partial charge in [-0.05, 0) is 13.0 Å². The fourth-order valence-electron chi connectivity index (χ4n) is 2.41. The first-order valence-corrected chi connectivity index (χ1v) is 6.21. The van der Waals surface area contributed by atoms with E-state index in [0.29, 0.717) is 39.4 Å². The molecule has 6 heteroatoms. The van der Waals surface area contributed by atoms with Crippen LogP contribution in [0, 0.1) is 0 Å². The van der Waals surface area contributed by atoms with E-state index < -0.39 is 5.79 Å². The zero-order valence-corrected chi connectivity index (χ0v) is 10.1. The zero-order valence-electron chi connectivity index (χ0n) is 10.1. The monoisotopic (exact) mass is 243 g/mol. The summed E-state index contributed by atoms with van der Waals surface area (Å²) in [6, 6.07) is 0. The fourth-order valence-corrected chi connectivity index (χ4v) is 2.41. The molecule has 0 radical (unpaired) electrons. The average molecular weight is 243 g/mol. The number of amides is 1. The lowest BCUT2D eigenvalue weighted by molar-refractivity contribution is -0.189. The minimum atomic E-state index is -0.452. The molecule has 2 aliphatic rings. The normalized spacial score (nSPS) is 24.1. The van der Waals surface area contributed by atoms with E-state index in [0.717, 1.165) is 19.4 Å².